The Bertz CT molecular complexity index is 828. The fourth-order valence-corrected chi connectivity index (χ4v) is 3.72. The minimum Gasteiger partial charge on any atom is -0.378 e. The number of hydrogen-bond donors (Lipinski definition) is 1. The van der Waals surface area contributed by atoms with E-state index in [-0.39, 0.29) is 29.1 Å². The second-order valence-electron chi connectivity index (χ2n) is 6.69. The number of nitrogens with zero attached hydrogens (tertiary/aromatic N) is 3. The Hall–Kier alpha value is -2.25. The molecule has 1 amide bonds. The van der Waals surface area contributed by atoms with E-state index in [1.54, 1.807) is 24.4 Å². The maximum atomic E-state index is 12.7. The zero-order chi connectivity index (χ0) is 17.2. The third kappa shape index (κ3) is 3.17. The number of pyridine rings is 1. The predicted molar refractivity (Wildman–Crippen MR) is 92.7 cm³/mol. The molecule has 2 aromatic rings. The van der Waals surface area contributed by atoms with Crippen LogP contribution in [0.4, 0.5) is 0 Å². The molecule has 2 saturated heterocycles. The van der Waals surface area contributed by atoms with E-state index in [9.17, 15) is 9.59 Å². The maximum Gasteiger partial charge on any atom is 0.270 e. The Kier molecular flexibility index (Phi) is 4.50. The fraction of sp³-hybridized carbons (Fsp3) is 0.500. The first-order chi connectivity index (χ1) is 12.2. The van der Waals surface area contributed by atoms with Gasteiger partial charge in [-0.2, -0.15) is 0 Å². The van der Waals surface area contributed by atoms with Crippen LogP contribution in [0.25, 0.3) is 5.65 Å². The van der Waals surface area contributed by atoms with Crippen LogP contribution >= 0.6 is 0 Å². The van der Waals surface area contributed by atoms with E-state index >= 15 is 0 Å². The van der Waals surface area contributed by atoms with Gasteiger partial charge in [0.25, 0.3) is 11.5 Å². The van der Waals surface area contributed by atoms with Gasteiger partial charge in [0.05, 0.1) is 25.3 Å². The monoisotopic (exact) mass is 342 g/mol. The van der Waals surface area contributed by atoms with Crippen LogP contribution in [0.1, 0.15) is 29.6 Å². The first kappa shape index (κ1) is 16.2. The predicted octanol–water partition coefficient (Wildman–Crippen LogP) is 0.678. The molecule has 2 fully saturated rings. The molecule has 2 aliphatic heterocycles. The van der Waals surface area contributed by atoms with Crippen molar-refractivity contribution in [1.82, 2.24) is 19.6 Å². The number of aromatic nitrogens is 2. The van der Waals surface area contributed by atoms with Gasteiger partial charge in [-0.15, -0.1) is 0 Å². The molecule has 2 aromatic heterocycles. The second kappa shape index (κ2) is 6.93. The van der Waals surface area contributed by atoms with Crippen LogP contribution < -0.4 is 10.9 Å². The summed E-state index contributed by atoms with van der Waals surface area (Å²) in [5.41, 5.74) is 0.240. The number of fused-ring (bicyclic) bond motifs is 1. The number of carbonyl (C=O) groups is 1. The molecule has 0 radical (unpaired) electrons. The van der Waals surface area contributed by atoms with Crippen LogP contribution in [0.5, 0.6) is 0 Å². The average Bonchev–Trinajstić information content (AvgIpc) is 3.11. The molecule has 0 spiro atoms. The Balaban J connectivity index is 1.53. The molecule has 25 heavy (non-hydrogen) atoms. The quantitative estimate of drug-likeness (QED) is 0.888. The van der Waals surface area contributed by atoms with Gasteiger partial charge in [-0.05, 0) is 38.1 Å². The van der Waals surface area contributed by atoms with Crippen LogP contribution in [0.15, 0.2) is 35.4 Å². The summed E-state index contributed by atoms with van der Waals surface area (Å²) in [6.45, 7) is 3.19. The average molecular weight is 342 g/mol. The molecule has 4 heterocycles. The molecule has 0 saturated carbocycles. The van der Waals surface area contributed by atoms with Crippen molar-refractivity contribution in [2.75, 3.05) is 26.3 Å². The summed E-state index contributed by atoms with van der Waals surface area (Å²) < 4.78 is 7.00. The molecule has 0 aliphatic carbocycles. The van der Waals surface area contributed by atoms with Crippen LogP contribution in [-0.2, 0) is 4.74 Å². The largest absolute Gasteiger partial charge is 0.378 e. The lowest BCUT2D eigenvalue weighted by atomic mass is 10.0. The van der Waals surface area contributed by atoms with E-state index < -0.39 is 0 Å². The van der Waals surface area contributed by atoms with Crippen molar-refractivity contribution in [2.45, 2.75) is 31.3 Å². The number of carbonyl (C=O) groups excluding carboxylic acids is 1. The van der Waals surface area contributed by atoms with Gasteiger partial charge in [-0.25, -0.2) is 4.98 Å². The molecule has 2 atom stereocenters. The topological polar surface area (TPSA) is 75.9 Å². The van der Waals surface area contributed by atoms with Gasteiger partial charge in [-0.3, -0.25) is 18.9 Å². The first-order valence-corrected chi connectivity index (χ1v) is 8.83. The summed E-state index contributed by atoms with van der Waals surface area (Å²) in [6.07, 6.45) is 6.62. The van der Waals surface area contributed by atoms with E-state index in [2.05, 4.69) is 15.2 Å². The highest BCUT2D eigenvalue weighted by Gasteiger charge is 2.35. The van der Waals surface area contributed by atoms with Crippen molar-refractivity contribution < 1.29 is 9.53 Å². The van der Waals surface area contributed by atoms with E-state index in [0.29, 0.717) is 18.9 Å². The highest BCUT2D eigenvalue weighted by Crippen LogP contribution is 2.19. The summed E-state index contributed by atoms with van der Waals surface area (Å²) >= 11 is 0. The fourth-order valence-electron chi connectivity index (χ4n) is 3.72. The number of rotatable bonds is 3. The molecular formula is C18H22N4O3. The zero-order valence-corrected chi connectivity index (χ0v) is 14.1. The molecule has 4 rings (SSSR count). The van der Waals surface area contributed by atoms with Crippen LogP contribution in [0, 0.1) is 0 Å². The minimum atomic E-state index is -0.381. The van der Waals surface area contributed by atoms with Crippen molar-refractivity contribution >= 4 is 11.6 Å². The standard InChI is InChI=1S/C18H22N4O3/c23-17(13-10-19-16-6-2-5-9-22(16)18(13)24)20-14-11-25-12-15(14)21-7-3-1-4-8-21/h2,5-6,9-10,14-15H,1,3-4,7-8,11-12H2,(H,20,23)/t14-,15-/m0/s1. The summed E-state index contributed by atoms with van der Waals surface area (Å²) in [5, 5.41) is 2.99. The number of hydrogen-bond acceptors (Lipinski definition) is 5. The number of likely N-dealkylation sites (tertiary alicyclic amines) is 1. The molecule has 0 bridgehead atoms. The number of ether oxygens (including phenoxy) is 1. The minimum absolute atomic E-state index is 0.0630. The Morgan fingerprint density at radius 3 is 2.88 bits per heavy atom. The number of amides is 1. The van der Waals surface area contributed by atoms with E-state index in [4.69, 9.17) is 4.74 Å². The Labute approximate surface area is 145 Å². The number of nitrogens with one attached hydrogen (secondary N) is 1. The summed E-state index contributed by atoms with van der Waals surface area (Å²) in [7, 11) is 0. The summed E-state index contributed by atoms with van der Waals surface area (Å²) in [5.74, 6) is -0.381. The van der Waals surface area contributed by atoms with Gasteiger partial charge >= 0.3 is 0 Å². The van der Waals surface area contributed by atoms with Gasteiger partial charge < -0.3 is 10.1 Å². The molecule has 132 valence electrons. The normalized spacial score (nSPS) is 24.5. The van der Waals surface area contributed by atoms with Gasteiger partial charge in [0.15, 0.2) is 0 Å². The highest BCUT2D eigenvalue weighted by atomic mass is 16.5. The van der Waals surface area contributed by atoms with Gasteiger partial charge in [0, 0.05) is 12.4 Å². The molecule has 1 N–H and O–H groups in total. The highest BCUT2D eigenvalue weighted by molar-refractivity contribution is 5.94. The smallest absolute Gasteiger partial charge is 0.270 e. The van der Waals surface area contributed by atoms with Crippen molar-refractivity contribution in [3.63, 3.8) is 0 Å². The second-order valence-corrected chi connectivity index (χ2v) is 6.69. The lowest BCUT2D eigenvalue weighted by Crippen LogP contribution is -2.53. The van der Waals surface area contributed by atoms with E-state index in [0.717, 1.165) is 13.1 Å². The van der Waals surface area contributed by atoms with Crippen molar-refractivity contribution in [3.8, 4) is 0 Å². The molecule has 0 aromatic carbocycles. The van der Waals surface area contributed by atoms with Crippen LogP contribution in [0.3, 0.4) is 0 Å². The van der Waals surface area contributed by atoms with E-state index in [1.807, 2.05) is 0 Å². The summed E-state index contributed by atoms with van der Waals surface area (Å²) in [4.78, 5) is 31.8. The van der Waals surface area contributed by atoms with Crippen molar-refractivity contribution in [2.24, 2.45) is 0 Å². The van der Waals surface area contributed by atoms with Crippen molar-refractivity contribution in [1.29, 1.82) is 0 Å². The molecule has 7 nitrogen and oxygen atoms in total. The van der Waals surface area contributed by atoms with Crippen molar-refractivity contribution in [3.05, 3.63) is 46.5 Å². The van der Waals surface area contributed by atoms with Gasteiger partial charge in [0.1, 0.15) is 11.2 Å². The Morgan fingerprint density at radius 1 is 1.20 bits per heavy atom. The molecule has 2 aliphatic rings. The van der Waals surface area contributed by atoms with Crippen LogP contribution in [-0.4, -0.2) is 58.6 Å². The van der Waals surface area contributed by atoms with E-state index in [1.165, 1.54) is 29.9 Å². The molecule has 7 heteroatoms. The third-order valence-corrected chi connectivity index (χ3v) is 5.08. The van der Waals surface area contributed by atoms with Crippen LogP contribution in [0.2, 0.25) is 0 Å². The van der Waals surface area contributed by atoms with Gasteiger partial charge in [-0.1, -0.05) is 12.5 Å². The number of piperidine rings is 1. The third-order valence-electron chi connectivity index (χ3n) is 5.08. The molecular weight excluding hydrogens is 320 g/mol. The lowest BCUT2D eigenvalue weighted by molar-refractivity contribution is 0.0898. The SMILES string of the molecule is O=C(N[C@H]1COC[C@@H]1N1CCCCC1)c1cnc2ccccn2c1=O. The van der Waals surface area contributed by atoms with Gasteiger partial charge in [0.2, 0.25) is 0 Å². The summed E-state index contributed by atoms with van der Waals surface area (Å²) in [6, 6.07) is 5.37. The lowest BCUT2D eigenvalue weighted by Gasteiger charge is -2.34. The zero-order valence-electron chi connectivity index (χ0n) is 14.1. The Morgan fingerprint density at radius 2 is 2.04 bits per heavy atom. The molecule has 0 unspecified atom stereocenters. The maximum absolute atomic E-state index is 12.7. The first-order valence-electron chi connectivity index (χ1n) is 8.83.